The molecule has 0 bridgehead atoms. The van der Waals surface area contributed by atoms with Gasteiger partial charge >= 0.3 is 6.18 Å². The molecule has 166 valence electrons. The Morgan fingerprint density at radius 2 is 1.91 bits per heavy atom. The number of H-pyrrole nitrogens is 1. The molecule has 1 aromatic heterocycles. The summed E-state index contributed by atoms with van der Waals surface area (Å²) in [5, 5.41) is 18.9. The Bertz CT molecular complexity index is 1120. The molecule has 32 heavy (non-hydrogen) atoms. The number of hydrogen-bond acceptors (Lipinski definition) is 6. The van der Waals surface area contributed by atoms with Gasteiger partial charge in [-0.1, -0.05) is 18.2 Å². The highest BCUT2D eigenvalue weighted by atomic mass is 19.4. The van der Waals surface area contributed by atoms with Crippen LogP contribution in [0.25, 0.3) is 11.3 Å². The van der Waals surface area contributed by atoms with E-state index < -0.39 is 11.7 Å². The molecule has 1 saturated heterocycles. The molecule has 2 heterocycles. The molecule has 3 aromatic rings. The maximum atomic E-state index is 13.5. The van der Waals surface area contributed by atoms with Gasteiger partial charge in [-0.25, -0.2) is 0 Å². The Kier molecular flexibility index (Phi) is 6.28. The fourth-order valence-electron chi connectivity index (χ4n) is 3.37. The Morgan fingerprint density at radius 3 is 2.66 bits per heavy atom. The lowest BCUT2D eigenvalue weighted by molar-refractivity contribution is -0.137. The summed E-state index contributed by atoms with van der Waals surface area (Å²) in [4.78, 5) is 0. The molecule has 0 radical (unpaired) electrons. The smallest absolute Gasteiger partial charge is 0.416 e. The van der Waals surface area contributed by atoms with Crippen molar-refractivity contribution >= 4 is 0 Å². The number of ether oxygens (including phenoxy) is 3. The van der Waals surface area contributed by atoms with Gasteiger partial charge in [0.25, 0.3) is 0 Å². The highest BCUT2D eigenvalue weighted by molar-refractivity contribution is 5.67. The average Bonchev–Trinajstić information content (AvgIpc) is 3.27. The predicted molar refractivity (Wildman–Crippen MR) is 107 cm³/mol. The van der Waals surface area contributed by atoms with Crippen LogP contribution >= 0.6 is 0 Å². The molecule has 1 fully saturated rings. The lowest BCUT2D eigenvalue weighted by Crippen LogP contribution is -2.26. The number of para-hydroxylation sites is 1. The number of aromatic amines is 1. The molecule has 1 N–H and O–H groups in total. The van der Waals surface area contributed by atoms with E-state index in [1.165, 1.54) is 6.07 Å². The van der Waals surface area contributed by atoms with Gasteiger partial charge in [0.1, 0.15) is 36.0 Å². The van der Waals surface area contributed by atoms with Crippen LogP contribution in [0.1, 0.15) is 29.7 Å². The molecule has 7 nitrogen and oxygen atoms in total. The van der Waals surface area contributed by atoms with E-state index in [2.05, 4.69) is 15.4 Å². The van der Waals surface area contributed by atoms with Crippen molar-refractivity contribution in [1.82, 2.24) is 15.4 Å². The summed E-state index contributed by atoms with van der Waals surface area (Å²) in [7, 11) is 0. The minimum atomic E-state index is -4.60. The second-order valence-corrected chi connectivity index (χ2v) is 7.20. The number of hydrogen-bond donors (Lipinski definition) is 1. The summed E-state index contributed by atoms with van der Waals surface area (Å²) in [6.07, 6.45) is -3.05. The zero-order valence-electron chi connectivity index (χ0n) is 16.9. The SMILES string of the molecule is N#Cc1n[nH]nc1-c1cc(OCc2ccccc2OC2CCOCC2)cc(C(F)(F)F)c1. The van der Waals surface area contributed by atoms with Crippen molar-refractivity contribution in [2.75, 3.05) is 13.2 Å². The number of halogens is 3. The fraction of sp³-hybridized carbons (Fsp3) is 0.318. The summed E-state index contributed by atoms with van der Waals surface area (Å²) in [6.45, 7) is 1.26. The van der Waals surface area contributed by atoms with E-state index in [-0.39, 0.29) is 35.4 Å². The number of alkyl halides is 3. The Labute approximate surface area is 181 Å². The van der Waals surface area contributed by atoms with E-state index >= 15 is 0 Å². The first-order valence-electron chi connectivity index (χ1n) is 9.92. The summed E-state index contributed by atoms with van der Waals surface area (Å²) in [6, 6.07) is 12.3. The summed E-state index contributed by atoms with van der Waals surface area (Å²) >= 11 is 0. The molecule has 0 aliphatic carbocycles. The van der Waals surface area contributed by atoms with Gasteiger partial charge in [0.2, 0.25) is 0 Å². The quantitative estimate of drug-likeness (QED) is 0.602. The highest BCUT2D eigenvalue weighted by Gasteiger charge is 2.32. The topological polar surface area (TPSA) is 93.1 Å². The first kappa shape index (κ1) is 21.6. The highest BCUT2D eigenvalue weighted by Crippen LogP contribution is 2.36. The molecular weight excluding hydrogens is 425 g/mol. The van der Waals surface area contributed by atoms with Crippen molar-refractivity contribution in [1.29, 1.82) is 5.26 Å². The van der Waals surface area contributed by atoms with Gasteiger partial charge in [0.05, 0.1) is 18.8 Å². The summed E-state index contributed by atoms with van der Waals surface area (Å²) < 4.78 is 57.5. The van der Waals surface area contributed by atoms with Gasteiger partial charge in [-0.15, -0.1) is 5.10 Å². The van der Waals surface area contributed by atoms with Crippen molar-refractivity contribution < 1.29 is 27.4 Å². The van der Waals surface area contributed by atoms with Crippen molar-refractivity contribution in [3.8, 4) is 28.8 Å². The van der Waals surface area contributed by atoms with Crippen LogP contribution in [0.2, 0.25) is 0 Å². The van der Waals surface area contributed by atoms with Crippen LogP contribution in [-0.2, 0) is 17.5 Å². The second kappa shape index (κ2) is 9.28. The molecule has 1 aliphatic rings. The predicted octanol–water partition coefficient (Wildman–Crippen LogP) is 4.50. The van der Waals surface area contributed by atoms with Crippen molar-refractivity contribution in [2.24, 2.45) is 0 Å². The molecule has 0 amide bonds. The fourth-order valence-corrected chi connectivity index (χ4v) is 3.37. The number of nitrogens with one attached hydrogen (secondary N) is 1. The molecule has 4 rings (SSSR count). The summed E-state index contributed by atoms with van der Waals surface area (Å²) in [5.74, 6) is 0.609. The monoisotopic (exact) mass is 444 g/mol. The normalized spacial score (nSPS) is 14.7. The van der Waals surface area contributed by atoms with Gasteiger partial charge in [0, 0.05) is 24.0 Å². The number of benzene rings is 2. The largest absolute Gasteiger partial charge is 0.490 e. The maximum absolute atomic E-state index is 13.5. The molecule has 1 aliphatic heterocycles. The van der Waals surface area contributed by atoms with Crippen LogP contribution in [-0.4, -0.2) is 34.7 Å². The van der Waals surface area contributed by atoms with Gasteiger partial charge < -0.3 is 14.2 Å². The van der Waals surface area contributed by atoms with E-state index in [0.29, 0.717) is 24.5 Å². The Morgan fingerprint density at radius 1 is 1.12 bits per heavy atom. The minimum absolute atomic E-state index is 0.00403. The molecule has 0 atom stereocenters. The maximum Gasteiger partial charge on any atom is 0.416 e. The van der Waals surface area contributed by atoms with Crippen molar-refractivity contribution in [3.05, 3.63) is 59.3 Å². The van der Waals surface area contributed by atoms with Crippen LogP contribution in [0.4, 0.5) is 13.2 Å². The van der Waals surface area contributed by atoms with Crippen molar-refractivity contribution in [2.45, 2.75) is 31.7 Å². The van der Waals surface area contributed by atoms with Crippen LogP contribution in [0.5, 0.6) is 11.5 Å². The first-order chi connectivity index (χ1) is 15.4. The van der Waals surface area contributed by atoms with E-state index in [1.54, 1.807) is 18.2 Å². The molecule has 0 spiro atoms. The van der Waals surface area contributed by atoms with E-state index in [4.69, 9.17) is 19.5 Å². The third-order valence-corrected chi connectivity index (χ3v) is 4.99. The van der Waals surface area contributed by atoms with E-state index in [9.17, 15) is 13.2 Å². The average molecular weight is 444 g/mol. The van der Waals surface area contributed by atoms with Crippen LogP contribution in [0.3, 0.4) is 0 Å². The van der Waals surface area contributed by atoms with Crippen LogP contribution < -0.4 is 9.47 Å². The molecule has 0 unspecified atom stereocenters. The summed E-state index contributed by atoms with van der Waals surface area (Å²) in [5.41, 5.74) is -0.218. The third-order valence-electron chi connectivity index (χ3n) is 4.99. The third kappa shape index (κ3) is 5.00. The van der Waals surface area contributed by atoms with E-state index in [0.717, 1.165) is 25.0 Å². The van der Waals surface area contributed by atoms with Crippen molar-refractivity contribution in [3.63, 3.8) is 0 Å². The Balaban J connectivity index is 1.58. The minimum Gasteiger partial charge on any atom is -0.490 e. The van der Waals surface area contributed by atoms with Gasteiger partial charge in [0.15, 0.2) is 5.69 Å². The molecule has 2 aromatic carbocycles. The van der Waals surface area contributed by atoms with Gasteiger partial charge in [-0.2, -0.15) is 28.7 Å². The van der Waals surface area contributed by atoms with Crippen LogP contribution in [0, 0.1) is 11.3 Å². The number of aromatic nitrogens is 3. The zero-order valence-corrected chi connectivity index (χ0v) is 16.9. The number of rotatable bonds is 6. The second-order valence-electron chi connectivity index (χ2n) is 7.20. The lowest BCUT2D eigenvalue weighted by atomic mass is 10.1. The lowest BCUT2D eigenvalue weighted by Gasteiger charge is -2.24. The zero-order chi connectivity index (χ0) is 22.6. The first-order valence-corrected chi connectivity index (χ1v) is 9.92. The van der Waals surface area contributed by atoms with Crippen LogP contribution in [0.15, 0.2) is 42.5 Å². The van der Waals surface area contributed by atoms with Gasteiger partial charge in [-0.3, -0.25) is 0 Å². The number of nitriles is 1. The molecular formula is C22H19F3N4O3. The molecule has 0 saturated carbocycles. The standard InChI is InChI=1S/C22H19F3N4O3/c23-22(24,25)16-9-15(21-19(12-26)27-29-28-21)10-18(11-16)31-13-14-3-1-2-4-20(14)32-17-5-7-30-8-6-17/h1-4,9-11,17H,5-8,13H2,(H,27,28,29). The van der Waals surface area contributed by atoms with Gasteiger partial charge in [-0.05, 0) is 24.3 Å². The molecule has 10 heteroatoms. The Hall–Kier alpha value is -3.58. The number of nitrogens with zero attached hydrogens (tertiary/aromatic N) is 3. The van der Waals surface area contributed by atoms with E-state index in [1.807, 2.05) is 12.1 Å².